The summed E-state index contributed by atoms with van der Waals surface area (Å²) in [6.07, 6.45) is 2.59. The second-order valence-electron chi connectivity index (χ2n) is 11.6. The van der Waals surface area contributed by atoms with Gasteiger partial charge in [0.05, 0.1) is 6.04 Å². The van der Waals surface area contributed by atoms with Crippen LogP contribution in [-0.4, -0.2) is 144 Å². The Morgan fingerprint density at radius 2 is 1.59 bits per heavy atom. The molecule has 3 heterocycles. The van der Waals surface area contributed by atoms with Crippen molar-refractivity contribution in [3.8, 4) is 0 Å². The molecular formula is C26H47N7O6. The van der Waals surface area contributed by atoms with Crippen molar-refractivity contribution in [1.82, 2.24) is 29.8 Å². The highest BCUT2D eigenvalue weighted by Crippen LogP contribution is 2.26. The maximum atomic E-state index is 12.4. The lowest BCUT2D eigenvalue weighted by molar-refractivity contribution is -0.137. The third kappa shape index (κ3) is 9.80. The van der Waals surface area contributed by atoms with E-state index in [1.54, 1.807) is 25.7 Å². The standard InChI is InChI=1S/C26H47N7O6/c1-26(2,3)39-24(36)28-23(27)33-18-14-30(15-19-33)10-6-5-8-20-22(38-25(37)29(20)4)32-16-12-31(13-17-32)11-7-9-21(34)35/h20,22H,5-19H2,1-4H3,(H,34,35)(H2,27,28,36). The zero-order chi connectivity index (χ0) is 28.6. The van der Waals surface area contributed by atoms with Gasteiger partial charge in [0.25, 0.3) is 0 Å². The molecule has 39 heavy (non-hydrogen) atoms. The Labute approximate surface area is 231 Å². The second kappa shape index (κ2) is 14.1. The second-order valence-corrected chi connectivity index (χ2v) is 11.6. The molecule has 0 aliphatic carbocycles. The molecule has 2 amide bonds. The summed E-state index contributed by atoms with van der Waals surface area (Å²) in [6, 6.07) is 0.0207. The first-order valence-corrected chi connectivity index (χ1v) is 14.1. The van der Waals surface area contributed by atoms with Crippen molar-refractivity contribution in [1.29, 1.82) is 5.41 Å². The van der Waals surface area contributed by atoms with Gasteiger partial charge in [0.15, 0.2) is 6.23 Å². The van der Waals surface area contributed by atoms with Crippen molar-refractivity contribution < 1.29 is 29.0 Å². The van der Waals surface area contributed by atoms with Crippen molar-refractivity contribution in [2.24, 2.45) is 0 Å². The Kier molecular flexibility index (Phi) is 11.2. The minimum absolute atomic E-state index is 0.0207. The normalized spacial score (nSPS) is 23.5. The Hall–Kier alpha value is -2.64. The molecule has 3 N–H and O–H groups in total. The van der Waals surface area contributed by atoms with Crippen LogP contribution < -0.4 is 5.32 Å². The molecule has 0 aromatic rings. The van der Waals surface area contributed by atoms with Crippen LogP contribution in [0.2, 0.25) is 0 Å². The number of alkyl carbamates (subject to hydrolysis) is 1. The van der Waals surface area contributed by atoms with Crippen molar-refractivity contribution in [3.63, 3.8) is 0 Å². The number of piperazine rings is 2. The lowest BCUT2D eigenvalue weighted by Crippen LogP contribution is -2.54. The van der Waals surface area contributed by atoms with Crippen LogP contribution in [0.25, 0.3) is 0 Å². The first-order chi connectivity index (χ1) is 18.4. The van der Waals surface area contributed by atoms with Gasteiger partial charge in [-0.25, -0.2) is 9.59 Å². The van der Waals surface area contributed by atoms with Crippen LogP contribution in [0.15, 0.2) is 0 Å². The Morgan fingerprint density at radius 1 is 1.00 bits per heavy atom. The maximum Gasteiger partial charge on any atom is 0.414 e. The summed E-state index contributed by atoms with van der Waals surface area (Å²) in [6.45, 7) is 13.4. The van der Waals surface area contributed by atoms with Gasteiger partial charge >= 0.3 is 18.2 Å². The van der Waals surface area contributed by atoms with E-state index < -0.39 is 17.7 Å². The Balaban J connectivity index is 1.34. The molecule has 3 aliphatic heterocycles. The van der Waals surface area contributed by atoms with Crippen LogP contribution in [0.3, 0.4) is 0 Å². The highest BCUT2D eigenvalue weighted by molar-refractivity contribution is 5.92. The number of likely N-dealkylation sites (N-methyl/N-ethyl adjacent to an activating group) is 1. The summed E-state index contributed by atoms with van der Waals surface area (Å²) >= 11 is 0. The van der Waals surface area contributed by atoms with Gasteiger partial charge in [-0.15, -0.1) is 0 Å². The summed E-state index contributed by atoms with van der Waals surface area (Å²) < 4.78 is 11.0. The number of rotatable bonds is 10. The molecule has 3 saturated heterocycles. The molecule has 3 aliphatic rings. The van der Waals surface area contributed by atoms with E-state index in [9.17, 15) is 14.4 Å². The zero-order valence-electron chi connectivity index (χ0n) is 24.0. The Morgan fingerprint density at radius 3 is 2.18 bits per heavy atom. The number of cyclic esters (lactones) is 1. The van der Waals surface area contributed by atoms with E-state index in [1.165, 1.54) is 0 Å². The number of hydrogen-bond acceptors (Lipinski definition) is 9. The first kappa shape index (κ1) is 30.9. The number of guanidine groups is 1. The summed E-state index contributed by atoms with van der Waals surface area (Å²) in [5, 5.41) is 19.5. The minimum Gasteiger partial charge on any atom is -0.481 e. The SMILES string of the molecule is CN1C(=O)OC(N2CCN(CCCC(=O)O)CC2)C1CCCCN1CCN(C(=N)NC(=O)OC(C)(C)C)CC1. The largest absolute Gasteiger partial charge is 0.481 e. The lowest BCUT2D eigenvalue weighted by Gasteiger charge is -2.39. The lowest BCUT2D eigenvalue weighted by atomic mass is 10.1. The molecule has 2 atom stereocenters. The van der Waals surface area contributed by atoms with Gasteiger partial charge in [-0.1, -0.05) is 0 Å². The zero-order valence-corrected chi connectivity index (χ0v) is 24.0. The van der Waals surface area contributed by atoms with E-state index in [0.29, 0.717) is 19.5 Å². The minimum atomic E-state index is -0.757. The summed E-state index contributed by atoms with van der Waals surface area (Å²) in [5.41, 5.74) is -0.602. The molecule has 13 heteroatoms. The van der Waals surface area contributed by atoms with Gasteiger partial charge in [-0.2, -0.15) is 0 Å². The molecule has 2 unspecified atom stereocenters. The predicted octanol–water partition coefficient (Wildman–Crippen LogP) is 1.49. The van der Waals surface area contributed by atoms with Gasteiger partial charge in [0.1, 0.15) is 5.60 Å². The van der Waals surface area contributed by atoms with Crippen LogP contribution in [0.5, 0.6) is 0 Å². The van der Waals surface area contributed by atoms with Gasteiger partial charge in [-0.05, 0) is 59.5 Å². The molecule has 0 radical (unpaired) electrons. The molecule has 0 bridgehead atoms. The van der Waals surface area contributed by atoms with E-state index in [1.807, 2.05) is 11.9 Å². The first-order valence-electron chi connectivity index (χ1n) is 14.1. The predicted molar refractivity (Wildman–Crippen MR) is 146 cm³/mol. The number of carbonyl (C=O) groups is 3. The van der Waals surface area contributed by atoms with Gasteiger partial charge in [0, 0.05) is 65.8 Å². The monoisotopic (exact) mass is 553 g/mol. The average Bonchev–Trinajstić information content (AvgIpc) is 3.14. The fourth-order valence-electron chi connectivity index (χ4n) is 5.30. The van der Waals surface area contributed by atoms with Crippen LogP contribution in [0.4, 0.5) is 9.59 Å². The fourth-order valence-corrected chi connectivity index (χ4v) is 5.30. The van der Waals surface area contributed by atoms with Gasteiger partial charge in [0.2, 0.25) is 5.96 Å². The molecule has 3 rings (SSSR count). The molecule has 0 saturated carbocycles. The molecule has 3 fully saturated rings. The molecule has 0 aromatic carbocycles. The fraction of sp³-hybridized carbons (Fsp3) is 0.846. The van der Waals surface area contributed by atoms with Crippen molar-refractivity contribution in [2.45, 2.75) is 70.7 Å². The molecule has 0 aromatic heterocycles. The van der Waals surface area contributed by atoms with Crippen LogP contribution in [0.1, 0.15) is 52.9 Å². The highest BCUT2D eigenvalue weighted by Gasteiger charge is 2.43. The highest BCUT2D eigenvalue weighted by atomic mass is 16.6. The smallest absolute Gasteiger partial charge is 0.414 e. The quantitative estimate of drug-likeness (QED) is 0.207. The summed E-state index contributed by atoms with van der Waals surface area (Å²) in [5.74, 6) is -0.683. The van der Waals surface area contributed by atoms with Crippen molar-refractivity contribution >= 4 is 24.1 Å². The number of carboxylic acids is 1. The molecular weight excluding hydrogens is 506 g/mol. The van der Waals surface area contributed by atoms with E-state index in [0.717, 1.165) is 71.6 Å². The van der Waals surface area contributed by atoms with E-state index in [-0.39, 0.29) is 30.7 Å². The maximum absolute atomic E-state index is 12.4. The third-order valence-electron chi connectivity index (χ3n) is 7.50. The molecule has 13 nitrogen and oxygen atoms in total. The number of nitrogens with one attached hydrogen (secondary N) is 2. The van der Waals surface area contributed by atoms with E-state index in [2.05, 4.69) is 20.0 Å². The average molecular weight is 554 g/mol. The molecule has 0 spiro atoms. The van der Waals surface area contributed by atoms with Crippen LogP contribution in [-0.2, 0) is 14.3 Å². The number of unbranched alkanes of at least 4 members (excludes halogenated alkanes) is 1. The number of carbonyl (C=O) groups excluding carboxylic acids is 2. The summed E-state index contributed by atoms with van der Waals surface area (Å²) in [4.78, 5) is 45.5. The van der Waals surface area contributed by atoms with E-state index in [4.69, 9.17) is 20.0 Å². The number of nitrogens with zero attached hydrogens (tertiary/aromatic N) is 5. The van der Waals surface area contributed by atoms with E-state index >= 15 is 0 Å². The number of hydrogen-bond donors (Lipinski definition) is 3. The van der Waals surface area contributed by atoms with Gasteiger partial charge in [-0.3, -0.25) is 25.3 Å². The number of ether oxygens (including phenoxy) is 2. The van der Waals surface area contributed by atoms with Crippen molar-refractivity contribution in [2.75, 3.05) is 72.5 Å². The van der Waals surface area contributed by atoms with Crippen molar-refractivity contribution in [3.05, 3.63) is 0 Å². The third-order valence-corrected chi connectivity index (χ3v) is 7.50. The number of amides is 2. The van der Waals surface area contributed by atoms with Crippen LogP contribution in [0, 0.1) is 5.41 Å². The number of aliphatic carboxylic acids is 1. The summed E-state index contributed by atoms with van der Waals surface area (Å²) in [7, 11) is 1.81. The van der Waals surface area contributed by atoms with Gasteiger partial charge < -0.3 is 29.3 Å². The Bertz CT molecular complexity index is 850. The topological polar surface area (TPSA) is 142 Å². The number of carboxylic acid groups (broad SMARTS) is 1. The van der Waals surface area contributed by atoms with Crippen LogP contribution >= 0.6 is 0 Å². The molecule has 222 valence electrons.